The summed E-state index contributed by atoms with van der Waals surface area (Å²) in [4.78, 5) is 0. The quantitative estimate of drug-likeness (QED) is 0.295. The van der Waals surface area contributed by atoms with E-state index in [2.05, 4.69) is 0 Å². The molecule has 0 atom stereocenters. The first kappa shape index (κ1) is 15.7. The van der Waals surface area contributed by atoms with Crippen molar-refractivity contribution in [3.05, 3.63) is 0 Å². The van der Waals surface area contributed by atoms with Crippen LogP contribution >= 0.6 is 0 Å². The first-order valence-corrected chi connectivity index (χ1v) is 0.775. The van der Waals surface area contributed by atoms with Gasteiger partial charge in [0.2, 0.25) is 0 Å². The average Bonchev–Trinajstić information content (AvgIpc) is 0.811. The summed E-state index contributed by atoms with van der Waals surface area (Å²) in [6, 6.07) is 0. The van der Waals surface area contributed by atoms with Crippen LogP contribution in [0.1, 0.15) is 0 Å². The van der Waals surface area contributed by atoms with Gasteiger partial charge in [-0.3, -0.25) is 0 Å². The van der Waals surface area contributed by atoms with Gasteiger partial charge in [-0.2, -0.15) is 0 Å². The van der Waals surface area contributed by atoms with E-state index in [0.717, 1.165) is 0 Å². The number of rotatable bonds is 0. The summed E-state index contributed by atoms with van der Waals surface area (Å²) in [5.41, 5.74) is 0. The van der Waals surface area contributed by atoms with Crippen molar-refractivity contribution in [3.8, 4) is 0 Å². The molecule has 0 saturated heterocycles. The van der Waals surface area contributed by atoms with Crippen molar-refractivity contribution in [2.45, 2.75) is 0 Å². The molecule has 0 unspecified atom stereocenters. The van der Waals surface area contributed by atoms with Crippen LogP contribution in [0.2, 0.25) is 0 Å². The number of hydrogen-bond acceptors (Lipinski definition) is 3. The van der Waals surface area contributed by atoms with Crippen molar-refractivity contribution in [3.63, 3.8) is 0 Å². The Morgan fingerprint density at radius 3 is 1.00 bits per heavy atom. The van der Waals surface area contributed by atoms with E-state index >= 15 is 0 Å². The van der Waals surface area contributed by atoms with Crippen LogP contribution in [0.15, 0.2) is 0 Å². The van der Waals surface area contributed by atoms with Gasteiger partial charge in [-0.15, -0.1) is 0 Å². The minimum atomic E-state index is -2.17. The second-order valence-corrected chi connectivity index (χ2v) is 0.346. The third-order valence-electron chi connectivity index (χ3n) is 0. The zero-order valence-electron chi connectivity index (χ0n) is 1.92. The molecule has 0 heterocycles. The Morgan fingerprint density at radius 2 is 1.00 bits per heavy atom. The summed E-state index contributed by atoms with van der Waals surface area (Å²) in [6.45, 7) is 0. The minimum absolute atomic E-state index is 0. The fourth-order valence-electron chi connectivity index (χ4n) is 0. The van der Waals surface area contributed by atoms with Crippen molar-refractivity contribution < 1.29 is 15.1 Å². The monoisotopic (exact) mass is 132 g/mol. The molecule has 0 amide bonds. The van der Waals surface area contributed by atoms with Gasteiger partial charge in [0.05, 0.1) is 0 Å². The van der Waals surface area contributed by atoms with Crippen LogP contribution in [0.25, 0.3) is 0 Å². The van der Waals surface area contributed by atoms with Gasteiger partial charge >= 0.3 is 58.7 Å². The normalized spacial score (nSPS) is 4.50. The van der Waals surface area contributed by atoms with Crippen LogP contribution < -0.4 is 0 Å². The fraction of sp³-hybridized carbons (Fsp3) is 0. The van der Waals surface area contributed by atoms with Crippen LogP contribution in [-0.2, 0) is 0 Å². The van der Waals surface area contributed by atoms with Gasteiger partial charge in [-0.25, -0.2) is 0 Å². The Bertz CT molecular complexity index is 15.5. The molecule has 0 aliphatic heterocycles. The summed E-state index contributed by atoms with van der Waals surface area (Å²) in [7, 11) is -2.17. The van der Waals surface area contributed by atoms with Gasteiger partial charge in [-0.05, 0) is 0 Å². The molecule has 3 nitrogen and oxygen atoms in total. The molecule has 0 rings (SSSR count). The van der Waals surface area contributed by atoms with Crippen LogP contribution in [0.4, 0.5) is 0 Å². The van der Waals surface area contributed by atoms with Crippen molar-refractivity contribution in [1.82, 2.24) is 0 Å². The third-order valence-corrected chi connectivity index (χ3v) is 0. The average molecular weight is 132 g/mol. The van der Waals surface area contributed by atoms with E-state index in [1.54, 1.807) is 0 Å². The Morgan fingerprint density at radius 1 is 1.00 bits per heavy atom. The summed E-state index contributed by atoms with van der Waals surface area (Å²) >= 11 is 0. The molecule has 0 aliphatic carbocycles. The van der Waals surface area contributed by atoms with Crippen molar-refractivity contribution >= 4 is 76.1 Å². The molecule has 0 saturated carbocycles. The summed E-state index contributed by atoms with van der Waals surface area (Å²) in [5.74, 6) is 0. The van der Waals surface area contributed by atoms with Gasteiger partial charge in [0, 0.05) is 0 Å². The molecular weight excluding hydrogens is 125 g/mol. The van der Waals surface area contributed by atoms with E-state index in [9.17, 15) is 0 Å². The number of hydrogen-bond donors (Lipinski definition) is 3. The van der Waals surface area contributed by atoms with Crippen LogP contribution in [0.5, 0.6) is 0 Å². The molecule has 6 heavy (non-hydrogen) atoms. The van der Waals surface area contributed by atoms with Gasteiger partial charge in [0.1, 0.15) is 0 Å². The zero-order valence-corrected chi connectivity index (χ0v) is 1.92. The molecule has 6 heteroatoms. The van der Waals surface area contributed by atoms with Crippen LogP contribution in [-0.4, -0.2) is 91.1 Å². The summed E-state index contributed by atoms with van der Waals surface area (Å²) < 4.78 is 0. The van der Waals surface area contributed by atoms with E-state index in [4.69, 9.17) is 15.1 Å². The van der Waals surface area contributed by atoms with Crippen LogP contribution in [0.3, 0.4) is 0 Å². The molecule has 0 aromatic carbocycles. The Labute approximate surface area is 89.5 Å². The second kappa shape index (κ2) is 10.2. The predicted octanol–water partition coefficient (Wildman–Crippen LogP) is -3.88. The van der Waals surface area contributed by atoms with E-state index < -0.39 is 7.32 Å². The fourth-order valence-corrected chi connectivity index (χ4v) is 0. The van der Waals surface area contributed by atoms with Gasteiger partial charge in [0.15, 0.2) is 17.4 Å². The van der Waals surface area contributed by atoms with E-state index in [1.807, 2.05) is 0 Å². The van der Waals surface area contributed by atoms with E-state index in [0.29, 0.717) is 0 Å². The van der Waals surface area contributed by atoms with Gasteiger partial charge in [-0.1, -0.05) is 0 Å². The van der Waals surface area contributed by atoms with Crippen LogP contribution in [0, 0.1) is 0 Å². The molecule has 0 aromatic heterocycles. The molecule has 0 spiro atoms. The van der Waals surface area contributed by atoms with Crippen molar-refractivity contribution in [2.24, 2.45) is 0 Å². The first-order valence-electron chi connectivity index (χ1n) is 0.775. The maximum absolute atomic E-state index is 7.17. The maximum atomic E-state index is 7.17. The Kier molecular flexibility index (Phi) is 26.6. The Hall–Kier alpha value is 2.11. The molecule has 32 valence electrons. The second-order valence-electron chi connectivity index (χ2n) is 0.346. The SMILES string of the molecule is OB(O)O.[AlH3].[KH]. The zero-order chi connectivity index (χ0) is 3.58. The van der Waals surface area contributed by atoms with E-state index in [-0.39, 0.29) is 68.7 Å². The molecular formula is H7AlBKO3. The molecule has 0 aromatic rings. The summed E-state index contributed by atoms with van der Waals surface area (Å²) in [5, 5.41) is 21.5. The van der Waals surface area contributed by atoms with E-state index in [1.165, 1.54) is 0 Å². The molecule has 3 N–H and O–H groups in total. The molecule has 0 radical (unpaired) electrons. The van der Waals surface area contributed by atoms with Crippen molar-refractivity contribution in [1.29, 1.82) is 0 Å². The molecule has 0 bridgehead atoms. The predicted molar refractivity (Wildman–Crippen MR) is 29.5 cm³/mol. The van der Waals surface area contributed by atoms with Crippen molar-refractivity contribution in [2.75, 3.05) is 0 Å². The first-order chi connectivity index (χ1) is 1.73. The van der Waals surface area contributed by atoms with Gasteiger partial charge < -0.3 is 15.1 Å². The summed E-state index contributed by atoms with van der Waals surface area (Å²) in [6.07, 6.45) is 0. The molecule has 0 aliphatic rings. The van der Waals surface area contributed by atoms with Gasteiger partial charge in [0.25, 0.3) is 0 Å². The molecule has 0 fully saturated rings. The Balaban J connectivity index is -0.0000000450. The standard InChI is InChI=1S/Al.BH3O3.K.4H/c;2-1(3)4;;;;;/h;2-4H;;;;;. The third kappa shape index (κ3) is 35.8. The topological polar surface area (TPSA) is 60.7 Å².